The number of hydrogen-bond donors (Lipinski definition) is 1. The predicted molar refractivity (Wildman–Crippen MR) is 83.4 cm³/mol. The molecule has 0 radical (unpaired) electrons. The van der Waals surface area contributed by atoms with Gasteiger partial charge in [0.1, 0.15) is 5.75 Å². The Morgan fingerprint density at radius 3 is 3.05 bits per heavy atom. The number of nitrogens with two attached hydrogens (primary N) is 1. The average Bonchev–Trinajstić information content (AvgIpc) is 2.53. The van der Waals surface area contributed by atoms with E-state index >= 15 is 0 Å². The van der Waals surface area contributed by atoms with Gasteiger partial charge in [-0.3, -0.25) is 9.88 Å². The van der Waals surface area contributed by atoms with E-state index in [1.807, 2.05) is 12.3 Å². The van der Waals surface area contributed by atoms with Crippen molar-refractivity contribution in [1.29, 1.82) is 0 Å². The van der Waals surface area contributed by atoms with E-state index < -0.39 is 0 Å². The van der Waals surface area contributed by atoms with Gasteiger partial charge in [-0.1, -0.05) is 13.8 Å². The monoisotopic (exact) mass is 293 g/mol. The Labute approximate surface area is 127 Å². The smallest absolute Gasteiger partial charge is 0.137 e. The summed E-state index contributed by atoms with van der Waals surface area (Å²) in [6.45, 7) is 8.71. The van der Waals surface area contributed by atoms with Crippen molar-refractivity contribution in [2.24, 2.45) is 5.73 Å². The van der Waals surface area contributed by atoms with Gasteiger partial charge >= 0.3 is 0 Å². The first-order chi connectivity index (χ1) is 10.2. The highest BCUT2D eigenvalue weighted by Gasteiger charge is 2.26. The van der Waals surface area contributed by atoms with Gasteiger partial charge < -0.3 is 15.2 Å². The second-order valence-electron chi connectivity index (χ2n) is 5.54. The second-order valence-corrected chi connectivity index (χ2v) is 5.54. The van der Waals surface area contributed by atoms with Gasteiger partial charge in [-0.05, 0) is 31.0 Å². The number of aromatic nitrogens is 1. The summed E-state index contributed by atoms with van der Waals surface area (Å²) in [6, 6.07) is 1.82. The van der Waals surface area contributed by atoms with Crippen LogP contribution in [0.2, 0.25) is 0 Å². The van der Waals surface area contributed by atoms with Crippen LogP contribution in [0.3, 0.4) is 0 Å². The molecular weight excluding hydrogens is 266 g/mol. The summed E-state index contributed by atoms with van der Waals surface area (Å²) in [5.74, 6) is 0.783. The Kier molecular flexibility index (Phi) is 6.42. The minimum absolute atomic E-state index is 0.0218. The Balaban J connectivity index is 1.99. The molecule has 0 bridgehead atoms. The lowest BCUT2D eigenvalue weighted by Crippen LogP contribution is -2.47. The molecule has 118 valence electrons. The molecule has 1 aliphatic heterocycles. The Hall–Kier alpha value is -1.17. The molecule has 2 heterocycles. The van der Waals surface area contributed by atoms with Crippen LogP contribution in [0.25, 0.3) is 0 Å². The minimum Gasteiger partial charge on any atom is -0.492 e. The van der Waals surface area contributed by atoms with E-state index in [-0.39, 0.29) is 12.1 Å². The molecule has 2 N–H and O–H groups in total. The van der Waals surface area contributed by atoms with Gasteiger partial charge in [0, 0.05) is 19.3 Å². The Bertz CT molecular complexity index is 426. The van der Waals surface area contributed by atoms with Gasteiger partial charge in [-0.2, -0.15) is 0 Å². The van der Waals surface area contributed by atoms with Crippen LogP contribution in [0.4, 0.5) is 0 Å². The summed E-state index contributed by atoms with van der Waals surface area (Å²) < 4.78 is 11.5. The highest BCUT2D eigenvalue weighted by atomic mass is 16.5. The third-order valence-corrected chi connectivity index (χ3v) is 3.71. The first-order valence-electron chi connectivity index (χ1n) is 7.91. The third-order valence-electron chi connectivity index (χ3n) is 3.71. The summed E-state index contributed by atoms with van der Waals surface area (Å²) in [5, 5.41) is 0. The van der Waals surface area contributed by atoms with Gasteiger partial charge in [-0.15, -0.1) is 0 Å². The fraction of sp³-hybridized carbons (Fsp3) is 0.688. The summed E-state index contributed by atoms with van der Waals surface area (Å²) in [4.78, 5) is 6.65. The second kappa shape index (κ2) is 8.32. The number of morpholine rings is 1. The highest BCUT2D eigenvalue weighted by Crippen LogP contribution is 2.23. The zero-order chi connectivity index (χ0) is 15.1. The molecule has 2 atom stereocenters. The molecular formula is C16H27N3O2. The normalized spacial score (nSPS) is 21.2. The van der Waals surface area contributed by atoms with Crippen molar-refractivity contribution in [3.05, 3.63) is 24.0 Å². The van der Waals surface area contributed by atoms with E-state index in [2.05, 4.69) is 23.7 Å². The molecule has 1 aromatic rings. The maximum absolute atomic E-state index is 6.38. The standard InChI is InChI=1S/C16H27N3O2/c1-3-5-19-6-8-21-15(12-19)16(17)13-9-14(11-18-10-13)20-7-4-2/h9-11,15-16H,3-8,12,17H2,1-2H3. The molecule has 0 saturated carbocycles. The number of ether oxygens (including phenoxy) is 2. The fourth-order valence-corrected chi connectivity index (χ4v) is 2.60. The lowest BCUT2D eigenvalue weighted by Gasteiger charge is -2.35. The summed E-state index contributed by atoms with van der Waals surface area (Å²) >= 11 is 0. The van der Waals surface area contributed by atoms with Crippen molar-refractivity contribution in [3.63, 3.8) is 0 Å². The molecule has 1 saturated heterocycles. The fourth-order valence-electron chi connectivity index (χ4n) is 2.60. The summed E-state index contributed by atoms with van der Waals surface area (Å²) in [7, 11) is 0. The molecule has 5 nitrogen and oxygen atoms in total. The zero-order valence-electron chi connectivity index (χ0n) is 13.1. The van der Waals surface area contributed by atoms with Crippen LogP contribution in [0, 0.1) is 0 Å². The molecule has 0 spiro atoms. The van der Waals surface area contributed by atoms with Gasteiger partial charge in [0.05, 0.1) is 31.6 Å². The van der Waals surface area contributed by atoms with Crippen molar-refractivity contribution >= 4 is 0 Å². The SMILES string of the molecule is CCCOc1cncc(C(N)C2CN(CCC)CCO2)c1. The molecule has 1 fully saturated rings. The molecule has 5 heteroatoms. The van der Waals surface area contributed by atoms with Crippen molar-refractivity contribution in [2.75, 3.05) is 32.8 Å². The van der Waals surface area contributed by atoms with E-state index in [9.17, 15) is 0 Å². The first kappa shape index (κ1) is 16.2. The van der Waals surface area contributed by atoms with E-state index in [0.29, 0.717) is 6.61 Å². The maximum Gasteiger partial charge on any atom is 0.137 e. The van der Waals surface area contributed by atoms with Crippen molar-refractivity contribution < 1.29 is 9.47 Å². The van der Waals surface area contributed by atoms with Crippen molar-refractivity contribution in [1.82, 2.24) is 9.88 Å². The lowest BCUT2D eigenvalue weighted by molar-refractivity contribution is -0.0408. The topological polar surface area (TPSA) is 60.6 Å². The van der Waals surface area contributed by atoms with Gasteiger partial charge in [0.2, 0.25) is 0 Å². The predicted octanol–water partition coefficient (Wildman–Crippen LogP) is 1.98. The summed E-state index contributed by atoms with van der Waals surface area (Å²) in [5.41, 5.74) is 7.36. The molecule has 2 rings (SSSR count). The first-order valence-corrected chi connectivity index (χ1v) is 7.91. The number of hydrogen-bond acceptors (Lipinski definition) is 5. The van der Waals surface area contributed by atoms with Crippen LogP contribution in [0.15, 0.2) is 18.5 Å². The molecule has 1 aromatic heterocycles. The van der Waals surface area contributed by atoms with Crippen LogP contribution in [0.1, 0.15) is 38.3 Å². The third kappa shape index (κ3) is 4.66. The highest BCUT2D eigenvalue weighted by molar-refractivity contribution is 5.26. The lowest BCUT2D eigenvalue weighted by atomic mass is 10.0. The van der Waals surface area contributed by atoms with Crippen LogP contribution < -0.4 is 10.5 Å². The van der Waals surface area contributed by atoms with E-state index in [4.69, 9.17) is 15.2 Å². The van der Waals surface area contributed by atoms with Gasteiger partial charge in [-0.25, -0.2) is 0 Å². The molecule has 21 heavy (non-hydrogen) atoms. The van der Waals surface area contributed by atoms with Crippen molar-refractivity contribution in [3.8, 4) is 5.75 Å². The molecule has 2 unspecified atom stereocenters. The van der Waals surface area contributed by atoms with Crippen LogP contribution >= 0.6 is 0 Å². The molecule has 0 aliphatic carbocycles. The van der Waals surface area contributed by atoms with Crippen LogP contribution in [-0.4, -0.2) is 48.8 Å². The van der Waals surface area contributed by atoms with Crippen LogP contribution in [0.5, 0.6) is 5.75 Å². The van der Waals surface area contributed by atoms with E-state index in [1.165, 1.54) is 0 Å². The largest absolute Gasteiger partial charge is 0.492 e. The number of pyridine rings is 1. The number of nitrogens with zero attached hydrogens (tertiary/aromatic N) is 2. The Morgan fingerprint density at radius 2 is 2.29 bits per heavy atom. The minimum atomic E-state index is -0.165. The number of rotatable bonds is 7. The maximum atomic E-state index is 6.38. The molecule has 1 aliphatic rings. The van der Waals surface area contributed by atoms with Crippen LogP contribution in [-0.2, 0) is 4.74 Å². The van der Waals surface area contributed by atoms with E-state index in [1.54, 1.807) is 6.20 Å². The zero-order valence-corrected chi connectivity index (χ0v) is 13.1. The van der Waals surface area contributed by atoms with Gasteiger partial charge in [0.15, 0.2) is 0 Å². The Morgan fingerprint density at radius 1 is 1.43 bits per heavy atom. The van der Waals surface area contributed by atoms with E-state index in [0.717, 1.165) is 50.4 Å². The molecule has 0 amide bonds. The average molecular weight is 293 g/mol. The van der Waals surface area contributed by atoms with Gasteiger partial charge in [0.25, 0.3) is 0 Å². The quantitative estimate of drug-likeness (QED) is 0.833. The summed E-state index contributed by atoms with van der Waals surface area (Å²) in [6.07, 6.45) is 5.70. The molecule has 0 aromatic carbocycles. The van der Waals surface area contributed by atoms with Crippen molar-refractivity contribution in [2.45, 2.75) is 38.8 Å².